The normalized spacial score (nSPS) is 26.3. The minimum Gasteiger partial charge on any atom is -0.399 e. The summed E-state index contributed by atoms with van der Waals surface area (Å²) >= 11 is 0. The Bertz CT molecular complexity index is 719. The summed E-state index contributed by atoms with van der Waals surface area (Å²) in [6, 6.07) is 6.56. The Balaban J connectivity index is 1.64. The van der Waals surface area contributed by atoms with Crippen LogP contribution in [0.25, 0.3) is 11.0 Å². The van der Waals surface area contributed by atoms with Crippen LogP contribution in [0.15, 0.2) is 18.2 Å². The molecule has 0 unspecified atom stereocenters. The van der Waals surface area contributed by atoms with Gasteiger partial charge in [0.2, 0.25) is 0 Å². The Hall–Kier alpha value is -1.37. The van der Waals surface area contributed by atoms with Gasteiger partial charge in [0.25, 0.3) is 0 Å². The first-order chi connectivity index (χ1) is 10.9. The molecule has 1 aromatic carbocycles. The molecule has 2 fully saturated rings. The van der Waals surface area contributed by atoms with Crippen molar-refractivity contribution in [1.29, 1.82) is 0 Å². The lowest BCUT2D eigenvalue weighted by molar-refractivity contribution is 0.00578. The molecule has 2 N–H and O–H groups in total. The van der Waals surface area contributed by atoms with Gasteiger partial charge in [0, 0.05) is 0 Å². The molecule has 2 saturated heterocycles. The van der Waals surface area contributed by atoms with Crippen LogP contribution < -0.4 is 10.8 Å². The van der Waals surface area contributed by atoms with Crippen LogP contribution in [0.2, 0.25) is 0 Å². The summed E-state index contributed by atoms with van der Waals surface area (Å²) in [5.74, 6) is 1.03. The van der Waals surface area contributed by atoms with Gasteiger partial charge in [-0.15, -0.1) is 0 Å². The molecule has 0 amide bonds. The van der Waals surface area contributed by atoms with Gasteiger partial charge < -0.3 is 19.6 Å². The molecule has 0 saturated carbocycles. The minimum absolute atomic E-state index is 0.322. The molecule has 0 radical (unpaired) electrons. The third kappa shape index (κ3) is 2.49. The molecule has 6 heteroatoms. The van der Waals surface area contributed by atoms with E-state index in [1.807, 2.05) is 0 Å². The summed E-state index contributed by atoms with van der Waals surface area (Å²) in [5.41, 5.74) is 2.41. The lowest BCUT2D eigenvalue weighted by Crippen LogP contribution is -2.41. The van der Waals surface area contributed by atoms with E-state index in [0.29, 0.717) is 6.04 Å². The molecule has 122 valence electrons. The van der Waals surface area contributed by atoms with Gasteiger partial charge in [-0.2, -0.15) is 0 Å². The second-order valence-corrected chi connectivity index (χ2v) is 7.64. The average molecular weight is 313 g/mol. The first-order valence-electron chi connectivity index (χ1n) is 8.44. The fraction of sp³-hybridized carbons (Fsp3) is 0.588. The third-order valence-corrected chi connectivity index (χ3v) is 5.44. The molecule has 0 bridgehead atoms. The number of aromatic amines is 1. The number of nitrogens with one attached hydrogen (secondary N) is 2. The monoisotopic (exact) mass is 313 g/mol. The molecule has 3 heterocycles. The zero-order chi connectivity index (χ0) is 16.2. The van der Waals surface area contributed by atoms with Crippen molar-refractivity contribution in [3.63, 3.8) is 0 Å². The Morgan fingerprint density at radius 2 is 1.91 bits per heavy atom. The van der Waals surface area contributed by atoms with E-state index >= 15 is 0 Å². The molecule has 23 heavy (non-hydrogen) atoms. The van der Waals surface area contributed by atoms with Crippen LogP contribution in [0.4, 0.5) is 0 Å². The number of fused-ring (bicyclic) bond motifs is 1. The fourth-order valence-corrected chi connectivity index (χ4v) is 3.25. The maximum absolute atomic E-state index is 6.13. The zero-order valence-electron chi connectivity index (χ0n) is 14.3. The van der Waals surface area contributed by atoms with Crippen LogP contribution >= 0.6 is 0 Å². The van der Waals surface area contributed by atoms with Crippen molar-refractivity contribution in [1.82, 2.24) is 15.3 Å². The summed E-state index contributed by atoms with van der Waals surface area (Å²) in [5, 5.41) is 3.48. The lowest BCUT2D eigenvalue weighted by Gasteiger charge is -2.32. The fourth-order valence-electron chi connectivity index (χ4n) is 3.25. The molecular formula is C17H24BN3O2. The van der Waals surface area contributed by atoms with Crippen LogP contribution in [0.5, 0.6) is 0 Å². The SMILES string of the molecule is CC1(C)OB(c2ccc3[nH]c([C@@H]4CCCN4)nc3c2)OC1(C)C. The Morgan fingerprint density at radius 1 is 1.17 bits per heavy atom. The summed E-state index contributed by atoms with van der Waals surface area (Å²) in [7, 11) is -0.339. The van der Waals surface area contributed by atoms with E-state index in [1.54, 1.807) is 0 Å². The van der Waals surface area contributed by atoms with Gasteiger partial charge in [-0.1, -0.05) is 6.07 Å². The highest BCUT2D eigenvalue weighted by Gasteiger charge is 2.51. The molecule has 1 aromatic heterocycles. The summed E-state index contributed by atoms with van der Waals surface area (Å²) < 4.78 is 12.3. The molecule has 1 atom stereocenters. The number of benzene rings is 1. The van der Waals surface area contributed by atoms with E-state index in [0.717, 1.165) is 35.3 Å². The lowest BCUT2D eigenvalue weighted by atomic mass is 9.79. The predicted octanol–water partition coefficient (Wildman–Crippen LogP) is 2.29. The number of hydrogen-bond acceptors (Lipinski definition) is 4. The second-order valence-electron chi connectivity index (χ2n) is 7.64. The van der Waals surface area contributed by atoms with Crippen molar-refractivity contribution >= 4 is 23.6 Å². The van der Waals surface area contributed by atoms with Crippen LogP contribution in [-0.2, 0) is 9.31 Å². The van der Waals surface area contributed by atoms with Crippen molar-refractivity contribution < 1.29 is 9.31 Å². The predicted molar refractivity (Wildman–Crippen MR) is 91.8 cm³/mol. The first-order valence-corrected chi connectivity index (χ1v) is 8.44. The number of nitrogens with zero attached hydrogens (tertiary/aromatic N) is 1. The number of aromatic nitrogens is 2. The zero-order valence-corrected chi connectivity index (χ0v) is 14.3. The molecule has 2 aliphatic heterocycles. The second kappa shape index (κ2) is 5.06. The molecule has 0 aliphatic carbocycles. The first kappa shape index (κ1) is 15.2. The number of imidazole rings is 1. The van der Waals surface area contributed by atoms with Gasteiger partial charge in [-0.05, 0) is 64.7 Å². The van der Waals surface area contributed by atoms with E-state index in [2.05, 4.69) is 56.2 Å². The Labute approximate surface area is 137 Å². The molecule has 4 rings (SSSR count). The van der Waals surface area contributed by atoms with Crippen molar-refractivity contribution in [3.8, 4) is 0 Å². The van der Waals surface area contributed by atoms with E-state index in [1.165, 1.54) is 6.42 Å². The third-order valence-electron chi connectivity index (χ3n) is 5.44. The standard InChI is InChI=1S/C17H24BN3O2/c1-16(2)17(3,4)23-18(22-16)11-7-8-12-14(10-11)21-15(20-12)13-6-5-9-19-13/h7-8,10,13,19H,5-6,9H2,1-4H3,(H,20,21)/t13-/m0/s1. The van der Waals surface area contributed by atoms with Crippen LogP contribution in [0, 0.1) is 0 Å². The summed E-state index contributed by atoms with van der Waals surface area (Å²) in [6.07, 6.45) is 2.35. The van der Waals surface area contributed by atoms with Crippen molar-refractivity contribution in [2.24, 2.45) is 0 Å². The summed E-state index contributed by atoms with van der Waals surface area (Å²) in [6.45, 7) is 9.36. The van der Waals surface area contributed by atoms with Gasteiger partial charge in [-0.25, -0.2) is 4.98 Å². The quantitative estimate of drug-likeness (QED) is 0.835. The van der Waals surface area contributed by atoms with Crippen LogP contribution in [0.3, 0.4) is 0 Å². The topological polar surface area (TPSA) is 59.2 Å². The van der Waals surface area contributed by atoms with Gasteiger partial charge in [0.1, 0.15) is 5.82 Å². The highest BCUT2D eigenvalue weighted by molar-refractivity contribution is 6.62. The smallest absolute Gasteiger partial charge is 0.399 e. The Morgan fingerprint density at radius 3 is 2.57 bits per heavy atom. The number of H-pyrrole nitrogens is 1. The van der Waals surface area contributed by atoms with Gasteiger partial charge in [0.15, 0.2) is 0 Å². The Kier molecular flexibility index (Phi) is 3.34. The van der Waals surface area contributed by atoms with Crippen molar-refractivity contribution in [3.05, 3.63) is 24.0 Å². The molecule has 0 spiro atoms. The van der Waals surface area contributed by atoms with Gasteiger partial charge >= 0.3 is 7.12 Å². The molecule has 2 aromatic rings. The number of hydrogen-bond donors (Lipinski definition) is 2. The summed E-state index contributed by atoms with van der Waals surface area (Å²) in [4.78, 5) is 8.20. The number of rotatable bonds is 2. The minimum atomic E-state index is -0.339. The maximum Gasteiger partial charge on any atom is 0.494 e. The van der Waals surface area contributed by atoms with E-state index in [9.17, 15) is 0 Å². The molecular weight excluding hydrogens is 289 g/mol. The highest BCUT2D eigenvalue weighted by Crippen LogP contribution is 2.36. The van der Waals surface area contributed by atoms with E-state index < -0.39 is 0 Å². The highest BCUT2D eigenvalue weighted by atomic mass is 16.7. The van der Waals surface area contributed by atoms with Gasteiger partial charge in [-0.3, -0.25) is 0 Å². The average Bonchev–Trinajstić information content (AvgIpc) is 3.17. The van der Waals surface area contributed by atoms with E-state index in [-0.39, 0.29) is 18.3 Å². The molecule has 5 nitrogen and oxygen atoms in total. The van der Waals surface area contributed by atoms with Crippen molar-refractivity contribution in [2.45, 2.75) is 57.8 Å². The van der Waals surface area contributed by atoms with Crippen LogP contribution in [-0.4, -0.2) is 34.8 Å². The van der Waals surface area contributed by atoms with Crippen LogP contribution in [0.1, 0.15) is 52.4 Å². The van der Waals surface area contributed by atoms with Crippen molar-refractivity contribution in [2.75, 3.05) is 6.54 Å². The molecule has 2 aliphatic rings. The van der Waals surface area contributed by atoms with E-state index in [4.69, 9.17) is 14.3 Å². The maximum atomic E-state index is 6.13. The largest absolute Gasteiger partial charge is 0.494 e. The van der Waals surface area contributed by atoms with Gasteiger partial charge in [0.05, 0.1) is 28.3 Å².